The van der Waals surface area contributed by atoms with E-state index in [4.69, 9.17) is 18.6 Å². The predicted molar refractivity (Wildman–Crippen MR) is 102 cm³/mol. The van der Waals surface area contributed by atoms with Gasteiger partial charge in [-0.3, -0.25) is 4.79 Å². The van der Waals surface area contributed by atoms with Crippen molar-refractivity contribution in [3.63, 3.8) is 0 Å². The monoisotopic (exact) mass is 402 g/mol. The molecule has 8 nitrogen and oxygen atoms in total. The number of aromatic nitrogens is 2. The van der Waals surface area contributed by atoms with Crippen molar-refractivity contribution < 1.29 is 23.4 Å². The molecule has 3 rings (SSSR count). The molecule has 0 aliphatic carbocycles. The van der Waals surface area contributed by atoms with Crippen molar-refractivity contribution in [2.75, 3.05) is 14.2 Å². The number of rotatable bonds is 7. The van der Waals surface area contributed by atoms with Gasteiger partial charge in [0.1, 0.15) is 12.0 Å². The molecule has 0 atom stereocenters. The standard InChI is InChI=1S/C19H18N2O6S/c1-21-7-6-20-19(21)28-11-13-9-14(22)17(10-26-13)27-18(23)12-4-5-15(24-2)16(8-12)25-3/h4-10H,11H2,1-3H3. The van der Waals surface area contributed by atoms with Crippen molar-refractivity contribution in [2.45, 2.75) is 10.9 Å². The maximum atomic E-state index is 12.3. The lowest BCUT2D eigenvalue weighted by Gasteiger charge is -2.09. The lowest BCUT2D eigenvalue weighted by atomic mass is 10.2. The average Bonchev–Trinajstić information content (AvgIpc) is 3.12. The zero-order valence-electron chi connectivity index (χ0n) is 15.5. The second kappa shape index (κ2) is 8.66. The van der Waals surface area contributed by atoms with Crippen LogP contribution in [0.2, 0.25) is 0 Å². The third-order valence-electron chi connectivity index (χ3n) is 3.79. The number of hydrogen-bond acceptors (Lipinski definition) is 8. The number of carbonyl (C=O) groups excluding carboxylic acids is 1. The van der Waals surface area contributed by atoms with Crippen LogP contribution in [0.15, 0.2) is 57.3 Å². The van der Waals surface area contributed by atoms with Gasteiger partial charge in [-0.1, -0.05) is 11.8 Å². The molecule has 0 saturated heterocycles. The van der Waals surface area contributed by atoms with Crippen LogP contribution in [0.1, 0.15) is 16.1 Å². The normalized spacial score (nSPS) is 10.5. The second-order valence-corrected chi connectivity index (χ2v) is 6.59. The van der Waals surface area contributed by atoms with Gasteiger partial charge in [-0.15, -0.1) is 0 Å². The number of benzene rings is 1. The first-order valence-corrected chi connectivity index (χ1v) is 9.16. The number of hydrogen-bond donors (Lipinski definition) is 0. The molecule has 146 valence electrons. The van der Waals surface area contributed by atoms with Crippen LogP contribution in [0.3, 0.4) is 0 Å². The van der Waals surface area contributed by atoms with E-state index >= 15 is 0 Å². The molecule has 3 aromatic rings. The molecule has 0 bridgehead atoms. The van der Waals surface area contributed by atoms with Gasteiger partial charge in [-0.25, -0.2) is 9.78 Å². The van der Waals surface area contributed by atoms with E-state index in [2.05, 4.69) is 4.98 Å². The molecule has 1 aromatic carbocycles. The van der Waals surface area contributed by atoms with E-state index in [1.165, 1.54) is 44.2 Å². The van der Waals surface area contributed by atoms with E-state index < -0.39 is 11.4 Å². The summed E-state index contributed by atoms with van der Waals surface area (Å²) < 4.78 is 22.7. The van der Waals surface area contributed by atoms with Crippen molar-refractivity contribution >= 4 is 17.7 Å². The van der Waals surface area contributed by atoms with Crippen LogP contribution in [0.5, 0.6) is 17.2 Å². The smallest absolute Gasteiger partial charge is 0.343 e. The Labute approximate surface area is 165 Å². The minimum absolute atomic E-state index is 0.189. The second-order valence-electron chi connectivity index (χ2n) is 5.64. The van der Waals surface area contributed by atoms with Crippen molar-refractivity contribution in [3.8, 4) is 17.2 Å². The van der Waals surface area contributed by atoms with E-state index in [9.17, 15) is 9.59 Å². The average molecular weight is 402 g/mol. The number of esters is 1. The fourth-order valence-electron chi connectivity index (χ4n) is 2.34. The summed E-state index contributed by atoms with van der Waals surface area (Å²) in [5.41, 5.74) is -0.234. The highest BCUT2D eigenvalue weighted by atomic mass is 32.2. The minimum atomic E-state index is -0.705. The van der Waals surface area contributed by atoms with E-state index in [0.29, 0.717) is 23.0 Å². The highest BCUT2D eigenvalue weighted by Crippen LogP contribution is 2.28. The van der Waals surface area contributed by atoms with Crippen LogP contribution in [-0.4, -0.2) is 29.7 Å². The molecule has 0 aliphatic rings. The molecular formula is C19H18N2O6S. The van der Waals surface area contributed by atoms with Crippen molar-refractivity contribution in [3.05, 3.63) is 64.5 Å². The first-order valence-electron chi connectivity index (χ1n) is 8.18. The Morgan fingerprint density at radius 2 is 1.96 bits per heavy atom. The summed E-state index contributed by atoms with van der Waals surface area (Å²) in [5.74, 6) is 0.834. The Balaban J connectivity index is 1.70. The molecule has 2 heterocycles. The summed E-state index contributed by atoms with van der Waals surface area (Å²) in [6.45, 7) is 0. The number of imidazole rings is 1. The minimum Gasteiger partial charge on any atom is -0.493 e. The highest BCUT2D eigenvalue weighted by Gasteiger charge is 2.15. The van der Waals surface area contributed by atoms with Crippen LogP contribution in [0, 0.1) is 0 Å². The van der Waals surface area contributed by atoms with Crippen molar-refractivity contribution in [1.29, 1.82) is 0 Å². The molecule has 0 aliphatic heterocycles. The summed E-state index contributed by atoms with van der Waals surface area (Å²) in [4.78, 5) is 28.8. The van der Waals surface area contributed by atoms with Crippen LogP contribution in [0.25, 0.3) is 0 Å². The van der Waals surface area contributed by atoms with E-state index in [1.54, 1.807) is 12.3 Å². The lowest BCUT2D eigenvalue weighted by molar-refractivity contribution is 0.0728. The third-order valence-corrected chi connectivity index (χ3v) is 4.88. The summed E-state index contributed by atoms with van der Waals surface area (Å²) >= 11 is 1.43. The number of ether oxygens (including phenoxy) is 3. The van der Waals surface area contributed by atoms with Gasteiger partial charge >= 0.3 is 5.97 Å². The molecule has 0 unspecified atom stereocenters. The van der Waals surface area contributed by atoms with Crippen molar-refractivity contribution in [2.24, 2.45) is 7.05 Å². The van der Waals surface area contributed by atoms with Gasteiger partial charge in [0.25, 0.3) is 0 Å². The molecular weight excluding hydrogens is 384 g/mol. The fraction of sp³-hybridized carbons (Fsp3) is 0.211. The van der Waals surface area contributed by atoms with E-state index in [-0.39, 0.29) is 11.3 Å². The van der Waals surface area contributed by atoms with Crippen LogP contribution in [0.4, 0.5) is 0 Å². The quantitative estimate of drug-likeness (QED) is 0.440. The van der Waals surface area contributed by atoms with E-state index in [0.717, 1.165) is 11.4 Å². The number of nitrogens with zero attached hydrogens (tertiary/aromatic N) is 2. The Kier molecular flexibility index (Phi) is 6.05. The van der Waals surface area contributed by atoms with Gasteiger partial charge in [0.05, 0.1) is 25.5 Å². The SMILES string of the molecule is COc1ccc(C(=O)Oc2coc(CSc3nccn3C)cc2=O)cc1OC. The van der Waals surface area contributed by atoms with Gasteiger partial charge in [0.15, 0.2) is 16.7 Å². The first kappa shape index (κ1) is 19.6. The molecule has 0 N–H and O–H groups in total. The Hall–Kier alpha value is -3.20. The summed E-state index contributed by atoms with van der Waals surface area (Å²) in [6.07, 6.45) is 4.65. The lowest BCUT2D eigenvalue weighted by Crippen LogP contribution is -2.15. The molecule has 0 fully saturated rings. The van der Waals surface area contributed by atoms with Gasteiger partial charge in [0, 0.05) is 25.5 Å². The van der Waals surface area contributed by atoms with Crippen molar-refractivity contribution in [1.82, 2.24) is 9.55 Å². The maximum Gasteiger partial charge on any atom is 0.343 e. The molecule has 0 spiro atoms. The van der Waals surface area contributed by atoms with Crippen LogP contribution < -0.4 is 19.6 Å². The number of thioether (sulfide) groups is 1. The van der Waals surface area contributed by atoms with Gasteiger partial charge < -0.3 is 23.2 Å². The largest absolute Gasteiger partial charge is 0.493 e. The van der Waals surface area contributed by atoms with Crippen LogP contribution in [-0.2, 0) is 12.8 Å². The molecule has 0 saturated carbocycles. The Bertz CT molecular complexity index is 1040. The molecule has 0 amide bonds. The van der Waals surface area contributed by atoms with Gasteiger partial charge in [-0.2, -0.15) is 0 Å². The summed E-state index contributed by atoms with van der Waals surface area (Å²) in [5, 5.41) is 0.798. The molecule has 0 radical (unpaired) electrons. The zero-order valence-corrected chi connectivity index (χ0v) is 16.3. The zero-order chi connectivity index (χ0) is 20.1. The van der Waals surface area contributed by atoms with Gasteiger partial charge in [0.2, 0.25) is 11.2 Å². The topological polar surface area (TPSA) is 92.8 Å². The first-order chi connectivity index (χ1) is 13.5. The number of aryl methyl sites for hydroxylation is 1. The summed E-state index contributed by atoms with van der Waals surface area (Å²) in [6, 6.07) is 5.87. The highest BCUT2D eigenvalue weighted by molar-refractivity contribution is 7.98. The van der Waals surface area contributed by atoms with Gasteiger partial charge in [-0.05, 0) is 18.2 Å². The van der Waals surface area contributed by atoms with Crippen LogP contribution >= 0.6 is 11.8 Å². The summed E-state index contributed by atoms with van der Waals surface area (Å²) in [7, 11) is 4.83. The number of carbonyl (C=O) groups is 1. The fourth-order valence-corrected chi connectivity index (χ4v) is 3.16. The number of methoxy groups -OCH3 is 2. The Morgan fingerprint density at radius 1 is 1.18 bits per heavy atom. The maximum absolute atomic E-state index is 12.3. The Morgan fingerprint density at radius 3 is 2.61 bits per heavy atom. The van der Waals surface area contributed by atoms with E-state index in [1.807, 2.05) is 17.8 Å². The molecule has 28 heavy (non-hydrogen) atoms. The third kappa shape index (κ3) is 4.37. The molecule has 2 aromatic heterocycles. The predicted octanol–water partition coefficient (Wildman–Crippen LogP) is 2.90. The molecule has 9 heteroatoms.